The summed E-state index contributed by atoms with van der Waals surface area (Å²) in [5.74, 6) is 1.66. The predicted octanol–water partition coefficient (Wildman–Crippen LogP) is 4.07. The first kappa shape index (κ1) is 44.2. The van der Waals surface area contributed by atoms with Gasteiger partial charge in [0.2, 0.25) is 0 Å². The maximum absolute atomic E-state index is 11.9. The zero-order valence-electron chi connectivity index (χ0n) is 33.5. The van der Waals surface area contributed by atoms with E-state index in [1.54, 1.807) is 6.92 Å². The number of ketones is 2. The third kappa shape index (κ3) is 18.9. The Hall–Kier alpha value is -0.980. The predicted molar refractivity (Wildman–Crippen MR) is 204 cm³/mol. The van der Waals surface area contributed by atoms with Crippen molar-refractivity contribution in [1.29, 1.82) is 0 Å². The topological polar surface area (TPSA) is 72.0 Å². The molecular formula is C39H78N6O4. The summed E-state index contributed by atoms with van der Waals surface area (Å²) in [6.07, 6.45) is 5.85. The second kappa shape index (κ2) is 25.1. The fourth-order valence-corrected chi connectivity index (χ4v) is 7.24. The van der Waals surface area contributed by atoms with Gasteiger partial charge < -0.3 is 24.2 Å². The summed E-state index contributed by atoms with van der Waals surface area (Å²) in [5, 5.41) is 0. The number of carbonyl (C=O) groups excluding carboxylic acids is 2. The summed E-state index contributed by atoms with van der Waals surface area (Å²) in [6, 6.07) is 0.738. The van der Waals surface area contributed by atoms with Gasteiger partial charge in [-0.1, -0.05) is 27.7 Å². The van der Waals surface area contributed by atoms with Crippen LogP contribution in [0.25, 0.3) is 0 Å². The highest BCUT2D eigenvalue weighted by molar-refractivity contribution is 5.82. The van der Waals surface area contributed by atoms with Crippen molar-refractivity contribution in [1.82, 2.24) is 29.4 Å². The van der Waals surface area contributed by atoms with Crippen molar-refractivity contribution in [3.63, 3.8) is 0 Å². The van der Waals surface area contributed by atoms with Gasteiger partial charge in [0.25, 0.3) is 0 Å². The van der Waals surface area contributed by atoms with Gasteiger partial charge in [0.05, 0.1) is 38.5 Å². The van der Waals surface area contributed by atoms with Crippen molar-refractivity contribution >= 4 is 11.6 Å². The molecule has 0 aromatic heterocycles. The van der Waals surface area contributed by atoms with Crippen molar-refractivity contribution < 1.29 is 19.1 Å². The van der Waals surface area contributed by atoms with E-state index in [4.69, 9.17) is 9.47 Å². The van der Waals surface area contributed by atoms with Gasteiger partial charge in [-0.3, -0.25) is 24.3 Å². The summed E-state index contributed by atoms with van der Waals surface area (Å²) in [5.41, 5.74) is 0. The molecule has 4 rings (SSSR count). The summed E-state index contributed by atoms with van der Waals surface area (Å²) < 4.78 is 11.3. The lowest BCUT2D eigenvalue weighted by molar-refractivity contribution is -0.123. The number of Topliss-reactive ketones (excluding diaryl/α,β-unsaturated/α-hetero) is 2. The highest BCUT2D eigenvalue weighted by atomic mass is 16.5. The Kier molecular flexibility index (Phi) is 22.6. The Labute approximate surface area is 302 Å². The molecule has 4 fully saturated rings. The highest BCUT2D eigenvalue weighted by Gasteiger charge is 2.28. The molecule has 0 amide bonds. The van der Waals surface area contributed by atoms with Crippen LogP contribution >= 0.6 is 0 Å². The minimum Gasteiger partial charge on any atom is -0.377 e. The normalized spacial score (nSPS) is 21.9. The minimum atomic E-state index is 0.161. The molecule has 10 nitrogen and oxygen atoms in total. The van der Waals surface area contributed by atoms with Crippen LogP contribution in [0.5, 0.6) is 0 Å². The monoisotopic (exact) mass is 695 g/mol. The Balaban J connectivity index is 0.000000326. The van der Waals surface area contributed by atoms with E-state index in [2.05, 4.69) is 57.1 Å². The molecule has 4 aliphatic rings. The van der Waals surface area contributed by atoms with Gasteiger partial charge in [-0.25, -0.2) is 0 Å². The number of carbonyl (C=O) groups is 2. The van der Waals surface area contributed by atoms with Crippen LogP contribution in [0, 0.1) is 11.8 Å². The van der Waals surface area contributed by atoms with Crippen LogP contribution < -0.4 is 0 Å². The standard InChI is InChI=1S/C20H39N3O2.C17H33N3O2.C2H6/c1-17(2)20(24)16-23-11-9-22(10-12-23)15-19-5-7-21(8-6-19)13-14-25-18(3)4;1-15(2)22-13-12-18-6-4-17(5-7-18)20-10-8-19(9-11-20)14-16(3)21;1-2/h17-19H,5-16H2,1-4H3;15,17H,4-14H2,1-3H3;1-2H3. The molecule has 0 atom stereocenters. The molecule has 0 saturated carbocycles. The Morgan fingerprint density at radius 1 is 0.571 bits per heavy atom. The first-order valence-electron chi connectivity index (χ1n) is 20.1. The molecule has 0 bridgehead atoms. The van der Waals surface area contributed by atoms with Gasteiger partial charge in [-0.15, -0.1) is 0 Å². The average Bonchev–Trinajstić information content (AvgIpc) is 3.08. The number of nitrogens with zero attached hydrogens (tertiary/aromatic N) is 6. The quantitative estimate of drug-likeness (QED) is 0.236. The van der Waals surface area contributed by atoms with Crippen molar-refractivity contribution in [3.8, 4) is 0 Å². The lowest BCUT2D eigenvalue weighted by atomic mass is 9.96. The number of hydrogen-bond acceptors (Lipinski definition) is 10. The molecule has 0 N–H and O–H groups in total. The van der Waals surface area contributed by atoms with Crippen LogP contribution in [0.4, 0.5) is 0 Å². The van der Waals surface area contributed by atoms with Gasteiger partial charge in [-0.2, -0.15) is 0 Å². The third-order valence-corrected chi connectivity index (χ3v) is 10.4. The molecule has 4 heterocycles. The van der Waals surface area contributed by atoms with E-state index in [1.807, 2.05) is 27.7 Å². The van der Waals surface area contributed by atoms with Crippen LogP contribution in [0.2, 0.25) is 0 Å². The molecule has 0 aliphatic carbocycles. The molecule has 4 saturated heterocycles. The van der Waals surface area contributed by atoms with E-state index in [-0.39, 0.29) is 11.7 Å². The molecular weight excluding hydrogens is 616 g/mol. The fraction of sp³-hybridized carbons (Fsp3) is 0.949. The molecule has 0 unspecified atom stereocenters. The molecule has 288 valence electrons. The molecule has 0 spiro atoms. The second-order valence-electron chi connectivity index (χ2n) is 15.4. The number of piperazine rings is 2. The SMILES string of the molecule is CC.CC(=O)CN1CCN(C2CCN(CCOC(C)C)CC2)CC1.CC(C)OCCN1CCC(CN2CCN(CC(=O)C(C)C)CC2)CC1. The maximum Gasteiger partial charge on any atom is 0.149 e. The molecule has 49 heavy (non-hydrogen) atoms. The number of ether oxygens (including phenoxy) is 2. The number of rotatable bonds is 16. The smallest absolute Gasteiger partial charge is 0.149 e. The molecule has 0 aromatic rings. The van der Waals surface area contributed by atoms with Crippen LogP contribution in [-0.2, 0) is 19.1 Å². The van der Waals surface area contributed by atoms with Gasteiger partial charge in [0.15, 0.2) is 0 Å². The van der Waals surface area contributed by atoms with E-state index in [1.165, 1.54) is 58.4 Å². The number of hydrogen-bond donors (Lipinski definition) is 0. The second-order valence-corrected chi connectivity index (χ2v) is 15.4. The van der Waals surface area contributed by atoms with Gasteiger partial charge in [0.1, 0.15) is 11.6 Å². The zero-order chi connectivity index (χ0) is 36.2. The zero-order valence-corrected chi connectivity index (χ0v) is 33.5. The van der Waals surface area contributed by atoms with Crippen molar-refractivity contribution in [2.45, 2.75) is 106 Å². The van der Waals surface area contributed by atoms with E-state index >= 15 is 0 Å². The number of piperidine rings is 2. The molecule has 0 radical (unpaired) electrons. The number of likely N-dealkylation sites (tertiary alicyclic amines) is 2. The van der Waals surface area contributed by atoms with E-state index < -0.39 is 0 Å². The van der Waals surface area contributed by atoms with Crippen LogP contribution in [-0.4, -0.2) is 184 Å². The fourth-order valence-electron chi connectivity index (χ4n) is 7.24. The maximum atomic E-state index is 11.9. The Bertz CT molecular complexity index is 858. The highest BCUT2D eigenvalue weighted by Crippen LogP contribution is 2.20. The summed E-state index contributed by atoms with van der Waals surface area (Å²) >= 11 is 0. The van der Waals surface area contributed by atoms with E-state index in [9.17, 15) is 9.59 Å². The van der Waals surface area contributed by atoms with Gasteiger partial charge in [0, 0.05) is 84.0 Å². The van der Waals surface area contributed by atoms with E-state index in [0.717, 1.165) is 90.6 Å². The summed E-state index contributed by atoms with van der Waals surface area (Å²) in [6.45, 7) is 37.9. The van der Waals surface area contributed by atoms with Crippen LogP contribution in [0.1, 0.15) is 88.0 Å². The summed E-state index contributed by atoms with van der Waals surface area (Å²) in [7, 11) is 0. The largest absolute Gasteiger partial charge is 0.377 e. The van der Waals surface area contributed by atoms with E-state index in [0.29, 0.717) is 31.1 Å². The molecule has 10 heteroatoms. The van der Waals surface area contributed by atoms with Crippen LogP contribution in [0.3, 0.4) is 0 Å². The average molecular weight is 695 g/mol. The third-order valence-electron chi connectivity index (χ3n) is 10.4. The first-order chi connectivity index (χ1) is 23.5. The lowest BCUT2D eigenvalue weighted by Gasteiger charge is -2.42. The molecule has 4 aliphatic heterocycles. The van der Waals surface area contributed by atoms with Gasteiger partial charge in [-0.05, 0) is 92.4 Å². The minimum absolute atomic E-state index is 0.161. The Morgan fingerprint density at radius 3 is 1.45 bits per heavy atom. The first-order valence-corrected chi connectivity index (χ1v) is 20.1. The van der Waals surface area contributed by atoms with Crippen molar-refractivity contribution in [2.24, 2.45) is 11.8 Å². The lowest BCUT2D eigenvalue weighted by Crippen LogP contribution is -2.53. The van der Waals surface area contributed by atoms with Crippen LogP contribution in [0.15, 0.2) is 0 Å². The van der Waals surface area contributed by atoms with Crippen molar-refractivity contribution in [2.75, 3.05) is 124 Å². The van der Waals surface area contributed by atoms with Crippen molar-refractivity contribution in [3.05, 3.63) is 0 Å². The van der Waals surface area contributed by atoms with Gasteiger partial charge >= 0.3 is 0 Å². The molecule has 0 aromatic carbocycles. The Morgan fingerprint density at radius 2 is 1.00 bits per heavy atom. The summed E-state index contributed by atoms with van der Waals surface area (Å²) in [4.78, 5) is 38.0.